The van der Waals surface area contributed by atoms with Crippen molar-refractivity contribution in [2.45, 2.75) is 13.3 Å². The third-order valence-electron chi connectivity index (χ3n) is 3.15. The molecule has 0 saturated heterocycles. The largest absolute Gasteiger partial charge is 0.465 e. The van der Waals surface area contributed by atoms with E-state index in [9.17, 15) is 9.59 Å². The summed E-state index contributed by atoms with van der Waals surface area (Å²) in [6, 6.07) is 6.06. The van der Waals surface area contributed by atoms with Crippen LogP contribution in [-0.2, 0) is 16.0 Å². The number of nitrogens with zero attached hydrogens (tertiary/aromatic N) is 1. The molecule has 8 heteroatoms. The first-order valence-corrected chi connectivity index (χ1v) is 7.94. The normalized spacial score (nSPS) is 10.4. The molecule has 5 nitrogen and oxygen atoms in total. The van der Waals surface area contributed by atoms with Gasteiger partial charge >= 0.3 is 5.97 Å². The van der Waals surface area contributed by atoms with Gasteiger partial charge in [-0.3, -0.25) is 4.79 Å². The van der Waals surface area contributed by atoms with Crippen molar-refractivity contribution in [2.24, 2.45) is 0 Å². The Balaban J connectivity index is 2.20. The summed E-state index contributed by atoms with van der Waals surface area (Å²) < 4.78 is 4.64. The molecule has 0 radical (unpaired) electrons. The van der Waals surface area contributed by atoms with Crippen molar-refractivity contribution < 1.29 is 14.3 Å². The summed E-state index contributed by atoms with van der Waals surface area (Å²) in [4.78, 5) is 27.9. The number of ether oxygens (including phenoxy) is 1. The fourth-order valence-corrected chi connectivity index (χ4v) is 2.83. The highest BCUT2D eigenvalue weighted by Crippen LogP contribution is 2.26. The Hall–Kier alpha value is -1.82. The number of carbonyl (C=O) groups is 2. The number of esters is 1. The molecule has 0 atom stereocenters. The quantitative estimate of drug-likeness (QED) is 0.627. The second-order valence-corrected chi connectivity index (χ2v) is 6.10. The van der Waals surface area contributed by atoms with Crippen LogP contribution in [0.4, 0.5) is 5.69 Å². The van der Waals surface area contributed by atoms with Crippen LogP contribution in [0.5, 0.6) is 0 Å². The molecule has 1 heterocycles. The van der Waals surface area contributed by atoms with Gasteiger partial charge in [0.1, 0.15) is 5.15 Å². The Morgan fingerprint density at radius 2 is 1.88 bits per heavy atom. The number of aromatic nitrogens is 1. The predicted octanol–water partition coefficient (Wildman–Crippen LogP) is 4.32. The summed E-state index contributed by atoms with van der Waals surface area (Å²) in [6.45, 7) is 1.75. The minimum Gasteiger partial charge on any atom is -0.465 e. The Morgan fingerprint density at radius 1 is 1.17 bits per heavy atom. The number of anilines is 1. The van der Waals surface area contributed by atoms with Crippen LogP contribution < -0.4 is 5.32 Å². The number of hydrogen-bond donors (Lipinski definition) is 1. The summed E-state index contributed by atoms with van der Waals surface area (Å²) in [5, 5.41) is 3.44. The predicted molar refractivity (Wildman–Crippen MR) is 94.1 cm³/mol. The van der Waals surface area contributed by atoms with E-state index in [-0.39, 0.29) is 27.8 Å². The molecule has 0 spiro atoms. The van der Waals surface area contributed by atoms with Crippen molar-refractivity contribution in [1.29, 1.82) is 0 Å². The summed E-state index contributed by atoms with van der Waals surface area (Å²) in [5.41, 5.74) is 1.63. The fraction of sp³-hybridized carbons (Fsp3) is 0.188. The number of nitrogens with one attached hydrogen (secondary N) is 1. The Kier molecular flexibility index (Phi) is 6.04. The molecule has 1 aromatic heterocycles. The molecule has 2 rings (SSSR count). The van der Waals surface area contributed by atoms with E-state index in [0.717, 1.165) is 0 Å². The lowest BCUT2D eigenvalue weighted by molar-refractivity contribution is -0.115. The molecule has 0 fully saturated rings. The van der Waals surface area contributed by atoms with Gasteiger partial charge in [-0.2, -0.15) is 0 Å². The van der Waals surface area contributed by atoms with Gasteiger partial charge in [-0.05, 0) is 31.2 Å². The Labute approximate surface area is 153 Å². The van der Waals surface area contributed by atoms with Gasteiger partial charge in [0.25, 0.3) is 0 Å². The van der Waals surface area contributed by atoms with Gasteiger partial charge in [-0.25, -0.2) is 9.78 Å². The van der Waals surface area contributed by atoms with Crippen LogP contribution in [-0.4, -0.2) is 24.0 Å². The zero-order valence-corrected chi connectivity index (χ0v) is 15.1. The molecule has 0 unspecified atom stereocenters. The highest BCUT2D eigenvalue weighted by molar-refractivity contribution is 6.36. The monoisotopic (exact) mass is 386 g/mol. The lowest BCUT2D eigenvalue weighted by atomic mass is 10.1. The summed E-state index contributed by atoms with van der Waals surface area (Å²) in [7, 11) is 1.27. The molecule has 126 valence electrons. The maximum Gasteiger partial charge on any atom is 0.337 e. The van der Waals surface area contributed by atoms with Crippen LogP contribution in [0.25, 0.3) is 0 Å². The van der Waals surface area contributed by atoms with E-state index in [4.69, 9.17) is 34.8 Å². The molecular formula is C16H13Cl3N2O3. The number of amides is 1. The number of pyridine rings is 1. The molecule has 2 aromatic rings. The lowest BCUT2D eigenvalue weighted by Crippen LogP contribution is -2.16. The van der Waals surface area contributed by atoms with Crippen molar-refractivity contribution in [2.75, 3.05) is 12.4 Å². The minimum atomic E-state index is -0.531. The lowest BCUT2D eigenvalue weighted by Gasteiger charge is -2.11. The van der Waals surface area contributed by atoms with E-state index < -0.39 is 11.9 Å². The van der Waals surface area contributed by atoms with E-state index in [2.05, 4.69) is 15.0 Å². The first-order chi connectivity index (χ1) is 11.3. The van der Waals surface area contributed by atoms with Crippen molar-refractivity contribution in [3.63, 3.8) is 0 Å². The molecule has 0 aliphatic carbocycles. The number of methoxy groups -OCH3 is 1. The Morgan fingerprint density at radius 3 is 2.50 bits per heavy atom. The SMILES string of the molecule is COC(=O)c1ccc(Cl)c(NC(=O)Cc2c(Cl)cc(C)nc2Cl)c1. The number of aryl methyl sites for hydroxylation is 1. The van der Waals surface area contributed by atoms with Crippen LogP contribution >= 0.6 is 34.8 Å². The van der Waals surface area contributed by atoms with Crippen molar-refractivity contribution >= 4 is 52.4 Å². The van der Waals surface area contributed by atoms with E-state index in [1.165, 1.54) is 25.3 Å². The third-order valence-corrected chi connectivity index (χ3v) is 4.13. The standard InChI is InChI=1S/C16H13Cl3N2O3/c1-8-5-12(18)10(15(19)20-8)7-14(22)21-13-6-9(16(23)24-2)3-4-11(13)17/h3-6H,7H2,1-2H3,(H,21,22). The number of hydrogen-bond acceptors (Lipinski definition) is 4. The van der Waals surface area contributed by atoms with Crippen LogP contribution in [0.1, 0.15) is 21.6 Å². The minimum absolute atomic E-state index is 0.0796. The number of carbonyl (C=O) groups excluding carboxylic acids is 2. The van der Waals surface area contributed by atoms with Gasteiger partial charge in [0.05, 0.1) is 29.8 Å². The van der Waals surface area contributed by atoms with Gasteiger partial charge in [0.2, 0.25) is 5.91 Å². The van der Waals surface area contributed by atoms with E-state index in [0.29, 0.717) is 16.3 Å². The molecule has 1 amide bonds. The average Bonchev–Trinajstić information content (AvgIpc) is 2.52. The second kappa shape index (κ2) is 7.83. The molecular weight excluding hydrogens is 375 g/mol. The Bertz CT molecular complexity index is 786. The highest BCUT2D eigenvalue weighted by Gasteiger charge is 2.15. The van der Waals surface area contributed by atoms with E-state index in [1.54, 1.807) is 13.0 Å². The molecule has 0 aliphatic rings. The van der Waals surface area contributed by atoms with Crippen molar-refractivity contribution in [1.82, 2.24) is 4.98 Å². The van der Waals surface area contributed by atoms with Crippen LogP contribution in [0, 0.1) is 6.92 Å². The average molecular weight is 388 g/mol. The van der Waals surface area contributed by atoms with E-state index in [1.807, 2.05) is 0 Å². The second-order valence-electron chi connectivity index (χ2n) is 4.93. The molecule has 1 aromatic carbocycles. The van der Waals surface area contributed by atoms with Gasteiger partial charge < -0.3 is 10.1 Å². The number of benzene rings is 1. The zero-order chi connectivity index (χ0) is 17.9. The van der Waals surface area contributed by atoms with Crippen LogP contribution in [0.15, 0.2) is 24.3 Å². The topological polar surface area (TPSA) is 68.3 Å². The summed E-state index contributed by atoms with van der Waals surface area (Å²) in [6.07, 6.45) is -0.0796. The van der Waals surface area contributed by atoms with Gasteiger partial charge in [0, 0.05) is 16.3 Å². The highest BCUT2D eigenvalue weighted by atomic mass is 35.5. The van der Waals surface area contributed by atoms with Crippen molar-refractivity contribution in [3.05, 3.63) is 56.3 Å². The number of halogens is 3. The van der Waals surface area contributed by atoms with E-state index >= 15 is 0 Å². The molecule has 1 N–H and O–H groups in total. The van der Waals surface area contributed by atoms with Gasteiger partial charge in [-0.15, -0.1) is 0 Å². The van der Waals surface area contributed by atoms with Crippen molar-refractivity contribution in [3.8, 4) is 0 Å². The maximum absolute atomic E-state index is 12.2. The first-order valence-electron chi connectivity index (χ1n) is 6.81. The van der Waals surface area contributed by atoms with Crippen LogP contribution in [0.2, 0.25) is 15.2 Å². The zero-order valence-electron chi connectivity index (χ0n) is 12.8. The summed E-state index contributed by atoms with van der Waals surface area (Å²) in [5.74, 6) is -0.927. The van der Waals surface area contributed by atoms with Gasteiger partial charge in [0.15, 0.2) is 0 Å². The molecule has 0 saturated carbocycles. The van der Waals surface area contributed by atoms with Crippen LogP contribution in [0.3, 0.4) is 0 Å². The first kappa shape index (κ1) is 18.5. The summed E-state index contributed by atoms with van der Waals surface area (Å²) >= 11 is 18.2. The third kappa shape index (κ3) is 4.38. The fourth-order valence-electron chi connectivity index (χ4n) is 2.00. The molecule has 0 bridgehead atoms. The molecule has 24 heavy (non-hydrogen) atoms. The number of rotatable bonds is 4. The molecule has 0 aliphatic heterocycles. The maximum atomic E-state index is 12.2. The van der Waals surface area contributed by atoms with Gasteiger partial charge in [-0.1, -0.05) is 34.8 Å². The smallest absolute Gasteiger partial charge is 0.337 e.